The maximum atomic E-state index is 10.5. The van der Waals surface area contributed by atoms with Crippen LogP contribution in [0.4, 0.5) is 0 Å². The van der Waals surface area contributed by atoms with Crippen LogP contribution in [0, 0.1) is 0 Å². The fourth-order valence-corrected chi connectivity index (χ4v) is 1.76. The van der Waals surface area contributed by atoms with Crippen LogP contribution in [0.3, 0.4) is 0 Å². The molecule has 2 heterocycles. The Morgan fingerprint density at radius 1 is 1.14 bits per heavy atom. The Hall–Kier alpha value is -2.89. The molecule has 2 rings (SSSR count). The standard InChI is InChI=1S/C15H14N2O4/c18-13-2-1-7-16-12(13)6-4-10-3-5-11(17-9-10)8-14(19)15(20)21/h1-3,5,7-9,18-19H,4,6H2,(H,20,21)/b14-8-. The molecule has 0 fully saturated rings. The van der Waals surface area contributed by atoms with Gasteiger partial charge in [-0.3, -0.25) is 9.97 Å². The molecule has 0 saturated carbocycles. The summed E-state index contributed by atoms with van der Waals surface area (Å²) in [6.45, 7) is 0. The average Bonchev–Trinajstić information content (AvgIpc) is 2.48. The van der Waals surface area contributed by atoms with E-state index in [4.69, 9.17) is 10.2 Å². The summed E-state index contributed by atoms with van der Waals surface area (Å²) in [5.74, 6) is -1.99. The highest BCUT2D eigenvalue weighted by Crippen LogP contribution is 2.15. The number of aromatic nitrogens is 2. The Labute approximate surface area is 121 Å². The molecule has 0 aliphatic carbocycles. The maximum absolute atomic E-state index is 10.5. The molecule has 0 aromatic carbocycles. The molecule has 0 aliphatic heterocycles. The Balaban J connectivity index is 2.02. The summed E-state index contributed by atoms with van der Waals surface area (Å²) in [6, 6.07) is 6.65. The molecule has 0 spiro atoms. The lowest BCUT2D eigenvalue weighted by molar-refractivity contribution is -0.135. The summed E-state index contributed by atoms with van der Waals surface area (Å²) in [6.07, 6.45) is 5.52. The summed E-state index contributed by atoms with van der Waals surface area (Å²) >= 11 is 0. The van der Waals surface area contributed by atoms with E-state index in [9.17, 15) is 9.90 Å². The van der Waals surface area contributed by atoms with Crippen molar-refractivity contribution in [3.8, 4) is 5.75 Å². The van der Waals surface area contributed by atoms with Gasteiger partial charge >= 0.3 is 5.97 Å². The summed E-state index contributed by atoms with van der Waals surface area (Å²) in [7, 11) is 0. The second kappa shape index (κ2) is 6.51. The van der Waals surface area contributed by atoms with Crippen molar-refractivity contribution in [3.05, 3.63) is 59.4 Å². The summed E-state index contributed by atoms with van der Waals surface area (Å²) in [4.78, 5) is 18.6. The number of carbonyl (C=O) groups is 1. The van der Waals surface area contributed by atoms with Crippen molar-refractivity contribution in [2.24, 2.45) is 0 Å². The SMILES string of the molecule is O=C(O)/C(O)=C/c1ccc(CCc2ncccc2O)cn1. The third kappa shape index (κ3) is 4.04. The van der Waals surface area contributed by atoms with E-state index in [1.54, 1.807) is 36.7 Å². The van der Waals surface area contributed by atoms with E-state index in [1.165, 1.54) is 0 Å². The molecule has 6 nitrogen and oxygen atoms in total. The molecular weight excluding hydrogens is 272 g/mol. The molecule has 0 atom stereocenters. The van der Waals surface area contributed by atoms with Crippen molar-refractivity contribution in [1.29, 1.82) is 0 Å². The molecule has 0 bridgehead atoms. The van der Waals surface area contributed by atoms with E-state index in [0.29, 0.717) is 24.2 Å². The van der Waals surface area contributed by atoms with Crippen LogP contribution in [0.5, 0.6) is 5.75 Å². The second-order valence-electron chi connectivity index (χ2n) is 4.40. The van der Waals surface area contributed by atoms with Crippen LogP contribution in [0.25, 0.3) is 6.08 Å². The van der Waals surface area contributed by atoms with Crippen LogP contribution in [0.1, 0.15) is 17.0 Å². The molecule has 21 heavy (non-hydrogen) atoms. The Kier molecular flexibility index (Phi) is 4.50. The highest BCUT2D eigenvalue weighted by molar-refractivity contribution is 5.88. The highest BCUT2D eigenvalue weighted by atomic mass is 16.4. The van der Waals surface area contributed by atoms with E-state index in [0.717, 1.165) is 11.6 Å². The third-order valence-corrected chi connectivity index (χ3v) is 2.87. The number of carboxylic acid groups (broad SMARTS) is 1. The molecule has 2 aromatic heterocycles. The van der Waals surface area contributed by atoms with Gasteiger partial charge in [-0.25, -0.2) is 4.79 Å². The summed E-state index contributed by atoms with van der Waals surface area (Å²) < 4.78 is 0. The van der Waals surface area contributed by atoms with Gasteiger partial charge in [0.25, 0.3) is 0 Å². The first-order valence-electron chi connectivity index (χ1n) is 6.28. The van der Waals surface area contributed by atoms with Gasteiger partial charge in [-0.15, -0.1) is 0 Å². The molecule has 2 aromatic rings. The highest BCUT2D eigenvalue weighted by Gasteiger charge is 2.05. The number of hydrogen-bond acceptors (Lipinski definition) is 5. The minimum absolute atomic E-state index is 0.163. The number of aliphatic hydroxyl groups is 1. The zero-order valence-corrected chi connectivity index (χ0v) is 11.1. The fraction of sp³-hybridized carbons (Fsp3) is 0.133. The van der Waals surface area contributed by atoms with Crippen molar-refractivity contribution in [1.82, 2.24) is 9.97 Å². The van der Waals surface area contributed by atoms with Crippen molar-refractivity contribution >= 4 is 12.0 Å². The zero-order chi connectivity index (χ0) is 15.2. The number of aliphatic carboxylic acids is 1. The quantitative estimate of drug-likeness (QED) is 0.573. The predicted octanol–water partition coefficient (Wildman–Crippen LogP) is 1.95. The predicted molar refractivity (Wildman–Crippen MR) is 75.8 cm³/mol. The number of aliphatic hydroxyl groups excluding tert-OH is 1. The summed E-state index contributed by atoms with van der Waals surface area (Å²) in [5.41, 5.74) is 1.90. The lowest BCUT2D eigenvalue weighted by Crippen LogP contribution is -1.99. The zero-order valence-electron chi connectivity index (χ0n) is 11.1. The van der Waals surface area contributed by atoms with E-state index >= 15 is 0 Å². The van der Waals surface area contributed by atoms with Crippen LogP contribution < -0.4 is 0 Å². The topological polar surface area (TPSA) is 104 Å². The van der Waals surface area contributed by atoms with Crippen molar-refractivity contribution in [3.63, 3.8) is 0 Å². The molecule has 108 valence electrons. The minimum atomic E-state index is -1.40. The Bertz CT molecular complexity index is 666. The monoisotopic (exact) mass is 286 g/mol. The number of hydrogen-bond donors (Lipinski definition) is 3. The largest absolute Gasteiger partial charge is 0.506 e. The molecule has 0 saturated heterocycles. The van der Waals surface area contributed by atoms with Gasteiger partial charge in [0.2, 0.25) is 5.76 Å². The first kappa shape index (κ1) is 14.5. The number of aromatic hydroxyl groups is 1. The van der Waals surface area contributed by atoms with Crippen LogP contribution >= 0.6 is 0 Å². The van der Waals surface area contributed by atoms with Crippen LogP contribution in [0.2, 0.25) is 0 Å². The number of aryl methyl sites for hydroxylation is 2. The van der Waals surface area contributed by atoms with Gasteiger partial charge in [-0.1, -0.05) is 6.07 Å². The number of rotatable bonds is 5. The van der Waals surface area contributed by atoms with Crippen molar-refractivity contribution < 1.29 is 20.1 Å². The lowest BCUT2D eigenvalue weighted by atomic mass is 10.1. The van der Waals surface area contributed by atoms with E-state index < -0.39 is 11.7 Å². The van der Waals surface area contributed by atoms with Gasteiger partial charge in [-0.05, 0) is 36.6 Å². The van der Waals surface area contributed by atoms with Crippen molar-refractivity contribution in [2.45, 2.75) is 12.8 Å². The molecule has 3 N–H and O–H groups in total. The number of carboxylic acids is 1. The smallest absolute Gasteiger partial charge is 0.371 e. The Morgan fingerprint density at radius 3 is 2.57 bits per heavy atom. The van der Waals surface area contributed by atoms with Crippen LogP contribution in [0.15, 0.2) is 42.4 Å². The molecule has 0 amide bonds. The number of nitrogens with zero attached hydrogens (tertiary/aromatic N) is 2. The van der Waals surface area contributed by atoms with Crippen LogP contribution in [-0.2, 0) is 17.6 Å². The second-order valence-corrected chi connectivity index (χ2v) is 4.40. The minimum Gasteiger partial charge on any atom is -0.506 e. The number of pyridine rings is 2. The van der Waals surface area contributed by atoms with E-state index in [2.05, 4.69) is 9.97 Å². The fourth-order valence-electron chi connectivity index (χ4n) is 1.76. The van der Waals surface area contributed by atoms with Gasteiger partial charge < -0.3 is 15.3 Å². The van der Waals surface area contributed by atoms with Gasteiger partial charge in [0.05, 0.1) is 11.4 Å². The molecule has 0 aliphatic rings. The molecule has 0 radical (unpaired) electrons. The first-order chi connectivity index (χ1) is 10.1. The summed E-state index contributed by atoms with van der Waals surface area (Å²) in [5, 5.41) is 27.3. The maximum Gasteiger partial charge on any atom is 0.371 e. The normalized spacial score (nSPS) is 11.3. The first-order valence-corrected chi connectivity index (χ1v) is 6.28. The van der Waals surface area contributed by atoms with Gasteiger partial charge in [-0.2, -0.15) is 0 Å². The molecule has 0 unspecified atom stereocenters. The van der Waals surface area contributed by atoms with Gasteiger partial charge in [0.1, 0.15) is 5.75 Å². The van der Waals surface area contributed by atoms with Gasteiger partial charge in [0.15, 0.2) is 0 Å². The van der Waals surface area contributed by atoms with E-state index in [-0.39, 0.29) is 5.75 Å². The van der Waals surface area contributed by atoms with E-state index in [1.807, 2.05) is 0 Å². The van der Waals surface area contributed by atoms with Gasteiger partial charge in [0, 0.05) is 18.5 Å². The van der Waals surface area contributed by atoms with Crippen LogP contribution in [-0.4, -0.2) is 31.3 Å². The average molecular weight is 286 g/mol. The molecular formula is C15H14N2O4. The molecule has 6 heteroatoms. The third-order valence-electron chi connectivity index (χ3n) is 2.87. The Morgan fingerprint density at radius 2 is 1.95 bits per heavy atom. The lowest BCUT2D eigenvalue weighted by Gasteiger charge is -2.03. The van der Waals surface area contributed by atoms with Crippen molar-refractivity contribution in [2.75, 3.05) is 0 Å².